The van der Waals surface area contributed by atoms with E-state index in [1.165, 1.54) is 25.7 Å². The molecule has 0 atom stereocenters. The molecule has 130 valence electrons. The highest BCUT2D eigenvalue weighted by molar-refractivity contribution is 14.0. The van der Waals surface area contributed by atoms with E-state index in [-0.39, 0.29) is 35.4 Å². The molecule has 0 aromatic rings. The van der Waals surface area contributed by atoms with Gasteiger partial charge in [-0.3, -0.25) is 9.79 Å². The van der Waals surface area contributed by atoms with Crippen molar-refractivity contribution in [1.82, 2.24) is 16.0 Å². The van der Waals surface area contributed by atoms with Crippen molar-refractivity contribution >= 4 is 35.8 Å². The van der Waals surface area contributed by atoms with E-state index in [9.17, 15) is 4.79 Å². The maximum absolute atomic E-state index is 11.8. The molecule has 0 unspecified atom stereocenters. The molecule has 1 rings (SSSR count). The molecule has 0 saturated heterocycles. The van der Waals surface area contributed by atoms with E-state index < -0.39 is 0 Å². The number of nitrogens with one attached hydrogen (secondary N) is 3. The summed E-state index contributed by atoms with van der Waals surface area (Å²) in [5.74, 6) is 1.58. The molecule has 0 radical (unpaired) electrons. The standard InChI is InChI=1S/C16H32N4O.HI/c1-5-17-15(20-16(2,3)4)19-11-10-18-14(21)12-13-8-6-7-9-13;/h13H,5-12H2,1-4H3,(H,18,21)(H2,17,19,20);1H. The molecule has 1 aliphatic rings. The minimum atomic E-state index is -0.0211. The molecule has 0 heterocycles. The van der Waals surface area contributed by atoms with Gasteiger partial charge in [-0.2, -0.15) is 0 Å². The molecule has 0 aromatic heterocycles. The third-order valence-electron chi connectivity index (χ3n) is 3.49. The third-order valence-corrected chi connectivity index (χ3v) is 3.49. The van der Waals surface area contributed by atoms with Crippen molar-refractivity contribution in [3.05, 3.63) is 0 Å². The SMILES string of the molecule is CCNC(=NCCNC(=O)CC1CCCC1)NC(C)(C)C.I. The van der Waals surface area contributed by atoms with Crippen molar-refractivity contribution in [1.29, 1.82) is 0 Å². The molecule has 5 nitrogen and oxygen atoms in total. The van der Waals surface area contributed by atoms with Crippen LogP contribution in [-0.2, 0) is 4.79 Å². The summed E-state index contributed by atoms with van der Waals surface area (Å²) in [5, 5.41) is 9.51. The highest BCUT2D eigenvalue weighted by Crippen LogP contribution is 2.27. The Bertz CT molecular complexity index is 347. The number of rotatable bonds is 6. The van der Waals surface area contributed by atoms with Crippen LogP contribution < -0.4 is 16.0 Å². The van der Waals surface area contributed by atoms with Gasteiger partial charge < -0.3 is 16.0 Å². The number of nitrogens with zero attached hydrogens (tertiary/aromatic N) is 1. The van der Waals surface area contributed by atoms with E-state index in [1.807, 2.05) is 6.92 Å². The smallest absolute Gasteiger partial charge is 0.220 e. The van der Waals surface area contributed by atoms with Gasteiger partial charge in [0.1, 0.15) is 0 Å². The minimum absolute atomic E-state index is 0. The Kier molecular flexibility index (Phi) is 10.8. The van der Waals surface area contributed by atoms with Crippen LogP contribution in [0.5, 0.6) is 0 Å². The van der Waals surface area contributed by atoms with Gasteiger partial charge in [-0.1, -0.05) is 12.8 Å². The predicted molar refractivity (Wildman–Crippen MR) is 104 cm³/mol. The molecule has 22 heavy (non-hydrogen) atoms. The van der Waals surface area contributed by atoms with E-state index >= 15 is 0 Å². The van der Waals surface area contributed by atoms with Gasteiger partial charge in [-0.05, 0) is 46.5 Å². The Labute approximate surface area is 152 Å². The molecule has 0 bridgehead atoms. The van der Waals surface area contributed by atoms with E-state index in [1.54, 1.807) is 0 Å². The fourth-order valence-corrected chi connectivity index (χ4v) is 2.57. The molecule has 1 aliphatic carbocycles. The number of hydrogen-bond acceptors (Lipinski definition) is 2. The van der Waals surface area contributed by atoms with Gasteiger partial charge in [0.15, 0.2) is 5.96 Å². The lowest BCUT2D eigenvalue weighted by Gasteiger charge is -2.23. The first-order valence-electron chi connectivity index (χ1n) is 8.24. The lowest BCUT2D eigenvalue weighted by Crippen LogP contribution is -2.47. The number of carbonyl (C=O) groups is 1. The van der Waals surface area contributed by atoms with Crippen LogP contribution in [-0.4, -0.2) is 37.0 Å². The predicted octanol–water partition coefficient (Wildman–Crippen LogP) is 2.65. The summed E-state index contributed by atoms with van der Waals surface area (Å²) in [7, 11) is 0. The molecule has 1 amide bonds. The second-order valence-electron chi connectivity index (χ2n) is 6.84. The van der Waals surface area contributed by atoms with Gasteiger partial charge in [-0.25, -0.2) is 0 Å². The Hall–Kier alpha value is -0.530. The van der Waals surface area contributed by atoms with Crippen LogP contribution in [0, 0.1) is 5.92 Å². The summed E-state index contributed by atoms with van der Waals surface area (Å²) in [6.45, 7) is 10.4. The van der Waals surface area contributed by atoms with Crippen molar-refractivity contribution in [2.45, 2.75) is 65.3 Å². The minimum Gasteiger partial charge on any atom is -0.357 e. The van der Waals surface area contributed by atoms with Gasteiger partial charge in [0.05, 0.1) is 6.54 Å². The second kappa shape index (κ2) is 11.1. The molecule has 6 heteroatoms. The average Bonchev–Trinajstić information content (AvgIpc) is 2.85. The van der Waals surface area contributed by atoms with Gasteiger partial charge in [0.25, 0.3) is 0 Å². The Morgan fingerprint density at radius 1 is 1.18 bits per heavy atom. The molecule has 0 aliphatic heterocycles. The second-order valence-corrected chi connectivity index (χ2v) is 6.84. The fraction of sp³-hybridized carbons (Fsp3) is 0.875. The number of guanidine groups is 1. The first-order chi connectivity index (χ1) is 9.90. The normalized spacial score (nSPS) is 16.1. The van der Waals surface area contributed by atoms with Crippen molar-refractivity contribution in [2.24, 2.45) is 10.9 Å². The first-order valence-corrected chi connectivity index (χ1v) is 8.24. The average molecular weight is 424 g/mol. The van der Waals surface area contributed by atoms with E-state index in [0.717, 1.165) is 12.5 Å². The van der Waals surface area contributed by atoms with E-state index in [0.29, 0.717) is 25.4 Å². The summed E-state index contributed by atoms with van der Waals surface area (Å²) in [6.07, 6.45) is 5.68. The van der Waals surface area contributed by atoms with Crippen molar-refractivity contribution in [3.8, 4) is 0 Å². The van der Waals surface area contributed by atoms with Crippen LogP contribution in [0.2, 0.25) is 0 Å². The zero-order chi connectivity index (χ0) is 15.7. The quantitative estimate of drug-likeness (QED) is 0.266. The Morgan fingerprint density at radius 3 is 2.36 bits per heavy atom. The van der Waals surface area contributed by atoms with Crippen molar-refractivity contribution in [3.63, 3.8) is 0 Å². The largest absolute Gasteiger partial charge is 0.357 e. The Balaban J connectivity index is 0.00000441. The van der Waals surface area contributed by atoms with Crippen LogP contribution in [0.4, 0.5) is 0 Å². The van der Waals surface area contributed by atoms with Crippen LogP contribution in [0.15, 0.2) is 4.99 Å². The summed E-state index contributed by atoms with van der Waals surface area (Å²) in [4.78, 5) is 16.3. The maximum Gasteiger partial charge on any atom is 0.220 e. The van der Waals surface area contributed by atoms with E-state index in [4.69, 9.17) is 0 Å². The zero-order valence-corrected chi connectivity index (χ0v) is 16.8. The van der Waals surface area contributed by atoms with Crippen LogP contribution in [0.25, 0.3) is 0 Å². The molecule has 1 saturated carbocycles. The number of hydrogen-bond donors (Lipinski definition) is 3. The zero-order valence-electron chi connectivity index (χ0n) is 14.5. The molecule has 3 N–H and O–H groups in total. The highest BCUT2D eigenvalue weighted by atomic mass is 127. The van der Waals surface area contributed by atoms with Gasteiger partial charge in [-0.15, -0.1) is 24.0 Å². The number of halogens is 1. The molecule has 1 fully saturated rings. The van der Waals surface area contributed by atoms with Crippen LogP contribution in [0.3, 0.4) is 0 Å². The lowest BCUT2D eigenvalue weighted by molar-refractivity contribution is -0.121. The molecular weight excluding hydrogens is 391 g/mol. The first kappa shape index (κ1) is 21.5. The maximum atomic E-state index is 11.8. The monoisotopic (exact) mass is 424 g/mol. The van der Waals surface area contributed by atoms with Crippen molar-refractivity contribution in [2.75, 3.05) is 19.6 Å². The van der Waals surface area contributed by atoms with Crippen LogP contribution >= 0.6 is 24.0 Å². The van der Waals surface area contributed by atoms with Gasteiger partial charge in [0, 0.05) is 25.0 Å². The number of carbonyl (C=O) groups excluding carboxylic acids is 1. The van der Waals surface area contributed by atoms with Gasteiger partial charge in [0.2, 0.25) is 5.91 Å². The molecule has 0 spiro atoms. The van der Waals surface area contributed by atoms with Crippen molar-refractivity contribution < 1.29 is 4.79 Å². The van der Waals surface area contributed by atoms with Gasteiger partial charge >= 0.3 is 0 Å². The van der Waals surface area contributed by atoms with E-state index in [2.05, 4.69) is 41.7 Å². The highest BCUT2D eigenvalue weighted by Gasteiger charge is 2.18. The van der Waals surface area contributed by atoms with Crippen LogP contribution in [0.1, 0.15) is 59.8 Å². The lowest BCUT2D eigenvalue weighted by atomic mass is 10.0. The summed E-state index contributed by atoms with van der Waals surface area (Å²) in [5.41, 5.74) is -0.0211. The molecular formula is C16H33IN4O. The third kappa shape index (κ3) is 10.2. The number of amides is 1. The Morgan fingerprint density at radius 2 is 1.82 bits per heavy atom. The fourth-order valence-electron chi connectivity index (χ4n) is 2.57. The molecule has 0 aromatic carbocycles. The summed E-state index contributed by atoms with van der Waals surface area (Å²) < 4.78 is 0. The summed E-state index contributed by atoms with van der Waals surface area (Å²) in [6, 6.07) is 0. The number of aliphatic imine (C=N–C) groups is 1. The topological polar surface area (TPSA) is 65.5 Å². The summed E-state index contributed by atoms with van der Waals surface area (Å²) >= 11 is 0.